The molecule has 1 N–H and O–H groups in total. The van der Waals surface area contributed by atoms with Gasteiger partial charge in [-0.3, -0.25) is 9.20 Å². The summed E-state index contributed by atoms with van der Waals surface area (Å²) in [4.78, 5) is 17.0. The van der Waals surface area contributed by atoms with Crippen molar-refractivity contribution >= 4 is 11.6 Å². The zero-order valence-corrected chi connectivity index (χ0v) is 15.7. The van der Waals surface area contributed by atoms with E-state index in [1.807, 2.05) is 6.92 Å². The molecular formula is C19H26F3N3O2. The number of aryl methyl sites for hydroxylation is 1. The molecule has 0 fully saturated rings. The number of nitrogens with zero attached hydrogens (tertiary/aromatic N) is 2. The molecule has 0 saturated carbocycles. The number of imidazole rings is 1. The summed E-state index contributed by atoms with van der Waals surface area (Å²) in [5.74, 6) is -0.418. The predicted molar refractivity (Wildman–Crippen MR) is 96.9 cm³/mol. The number of carbonyl (C=O) groups is 1. The summed E-state index contributed by atoms with van der Waals surface area (Å²) in [6, 6.07) is 2.27. The fourth-order valence-corrected chi connectivity index (χ4v) is 2.72. The Morgan fingerprint density at radius 2 is 1.93 bits per heavy atom. The lowest BCUT2D eigenvalue weighted by molar-refractivity contribution is -0.137. The largest absolute Gasteiger partial charge is 0.417 e. The maximum absolute atomic E-state index is 13.0. The lowest BCUT2D eigenvalue weighted by atomic mass is 10.2. The van der Waals surface area contributed by atoms with E-state index in [4.69, 9.17) is 4.74 Å². The molecule has 150 valence electrons. The highest BCUT2D eigenvalue weighted by molar-refractivity contribution is 5.94. The van der Waals surface area contributed by atoms with E-state index in [2.05, 4.69) is 17.2 Å². The van der Waals surface area contributed by atoms with E-state index in [0.717, 1.165) is 31.5 Å². The van der Waals surface area contributed by atoms with Gasteiger partial charge in [-0.1, -0.05) is 26.7 Å². The molecule has 8 heteroatoms. The minimum absolute atomic E-state index is 0.171. The number of fused-ring (bicyclic) bond motifs is 1. The van der Waals surface area contributed by atoms with E-state index in [-0.39, 0.29) is 5.69 Å². The molecule has 27 heavy (non-hydrogen) atoms. The van der Waals surface area contributed by atoms with Crippen LogP contribution in [-0.2, 0) is 17.3 Å². The molecule has 0 spiro atoms. The summed E-state index contributed by atoms with van der Waals surface area (Å²) >= 11 is 0. The lowest BCUT2D eigenvalue weighted by Gasteiger charge is -2.10. The molecule has 2 heterocycles. The molecule has 0 bridgehead atoms. The van der Waals surface area contributed by atoms with Crippen LogP contribution in [0, 0.1) is 0 Å². The number of nitrogens with one attached hydrogen (secondary N) is 1. The second kappa shape index (κ2) is 9.73. The van der Waals surface area contributed by atoms with Crippen molar-refractivity contribution in [2.24, 2.45) is 0 Å². The first-order valence-corrected chi connectivity index (χ1v) is 9.32. The third-order valence-corrected chi connectivity index (χ3v) is 4.11. The van der Waals surface area contributed by atoms with Gasteiger partial charge < -0.3 is 10.1 Å². The van der Waals surface area contributed by atoms with Gasteiger partial charge in [-0.05, 0) is 31.4 Å². The SMILES string of the molecule is CCCCOCCCNC(=O)c1c(CCC)nc2ccc(C(F)(F)F)cn12. The number of hydrogen-bond acceptors (Lipinski definition) is 3. The predicted octanol–water partition coefficient (Wildman–Crippen LogP) is 4.24. The minimum Gasteiger partial charge on any atom is -0.381 e. The summed E-state index contributed by atoms with van der Waals surface area (Å²) in [7, 11) is 0. The van der Waals surface area contributed by atoms with Crippen molar-refractivity contribution in [2.45, 2.75) is 52.1 Å². The third kappa shape index (κ3) is 5.69. The van der Waals surface area contributed by atoms with E-state index in [1.54, 1.807) is 0 Å². The van der Waals surface area contributed by atoms with Gasteiger partial charge in [0.25, 0.3) is 5.91 Å². The average molecular weight is 385 g/mol. The van der Waals surface area contributed by atoms with Crippen LogP contribution < -0.4 is 5.32 Å². The molecule has 0 aromatic carbocycles. The van der Waals surface area contributed by atoms with Crippen LogP contribution in [0.3, 0.4) is 0 Å². The van der Waals surface area contributed by atoms with Crippen LogP contribution in [0.5, 0.6) is 0 Å². The number of amides is 1. The number of aromatic nitrogens is 2. The Kier molecular flexibility index (Phi) is 7.65. The highest BCUT2D eigenvalue weighted by atomic mass is 19.4. The number of rotatable bonds is 10. The number of carbonyl (C=O) groups excluding carboxylic acids is 1. The van der Waals surface area contributed by atoms with Gasteiger partial charge in [0, 0.05) is 26.0 Å². The van der Waals surface area contributed by atoms with Crippen molar-refractivity contribution in [3.8, 4) is 0 Å². The van der Waals surface area contributed by atoms with Crippen LogP contribution in [0.4, 0.5) is 13.2 Å². The summed E-state index contributed by atoms with van der Waals surface area (Å²) < 4.78 is 45.8. The van der Waals surface area contributed by atoms with Crippen LogP contribution >= 0.6 is 0 Å². The average Bonchev–Trinajstić information content (AvgIpc) is 2.97. The Balaban J connectivity index is 2.13. The molecule has 5 nitrogen and oxygen atoms in total. The monoisotopic (exact) mass is 385 g/mol. The van der Waals surface area contributed by atoms with Crippen molar-refractivity contribution in [3.05, 3.63) is 35.3 Å². The van der Waals surface area contributed by atoms with Crippen molar-refractivity contribution in [2.75, 3.05) is 19.8 Å². The molecule has 0 saturated heterocycles. The van der Waals surface area contributed by atoms with E-state index in [9.17, 15) is 18.0 Å². The molecular weight excluding hydrogens is 359 g/mol. The Morgan fingerprint density at radius 1 is 1.19 bits per heavy atom. The first-order valence-electron chi connectivity index (χ1n) is 9.32. The molecule has 0 aliphatic carbocycles. The van der Waals surface area contributed by atoms with Gasteiger partial charge in [0.2, 0.25) is 0 Å². The maximum Gasteiger partial charge on any atom is 0.417 e. The van der Waals surface area contributed by atoms with E-state index in [1.165, 1.54) is 10.5 Å². The Bertz CT molecular complexity index is 756. The van der Waals surface area contributed by atoms with E-state index in [0.29, 0.717) is 43.9 Å². The summed E-state index contributed by atoms with van der Waals surface area (Å²) in [6.07, 6.45) is 0.412. The smallest absolute Gasteiger partial charge is 0.381 e. The summed E-state index contributed by atoms with van der Waals surface area (Å²) in [5, 5.41) is 2.76. The number of unbranched alkanes of at least 4 members (excludes halogenated alkanes) is 1. The van der Waals surface area contributed by atoms with Crippen molar-refractivity contribution in [3.63, 3.8) is 0 Å². The van der Waals surface area contributed by atoms with Gasteiger partial charge in [-0.15, -0.1) is 0 Å². The highest BCUT2D eigenvalue weighted by Gasteiger charge is 2.31. The second-order valence-electron chi connectivity index (χ2n) is 6.38. The second-order valence-corrected chi connectivity index (χ2v) is 6.38. The fourth-order valence-electron chi connectivity index (χ4n) is 2.72. The van der Waals surface area contributed by atoms with Gasteiger partial charge in [0.15, 0.2) is 0 Å². The van der Waals surface area contributed by atoms with Crippen LogP contribution in [0.15, 0.2) is 18.3 Å². The number of halogens is 3. The molecule has 0 aliphatic heterocycles. The summed E-state index contributed by atoms with van der Waals surface area (Å²) in [5.41, 5.74) is 0.201. The van der Waals surface area contributed by atoms with Crippen molar-refractivity contribution in [1.82, 2.24) is 14.7 Å². The number of ether oxygens (including phenoxy) is 1. The molecule has 0 unspecified atom stereocenters. The molecule has 0 radical (unpaired) electrons. The molecule has 1 amide bonds. The Morgan fingerprint density at radius 3 is 2.59 bits per heavy atom. The quantitative estimate of drug-likeness (QED) is 0.623. The highest BCUT2D eigenvalue weighted by Crippen LogP contribution is 2.30. The molecule has 2 aromatic rings. The van der Waals surface area contributed by atoms with Gasteiger partial charge in [-0.2, -0.15) is 13.2 Å². The van der Waals surface area contributed by atoms with Gasteiger partial charge >= 0.3 is 6.18 Å². The number of pyridine rings is 1. The normalized spacial score (nSPS) is 11.9. The first kappa shape index (κ1) is 21.2. The number of alkyl halides is 3. The molecule has 0 aliphatic rings. The van der Waals surface area contributed by atoms with Crippen molar-refractivity contribution < 1.29 is 22.7 Å². The van der Waals surface area contributed by atoms with Gasteiger partial charge in [-0.25, -0.2) is 4.98 Å². The maximum atomic E-state index is 13.0. The topological polar surface area (TPSA) is 55.6 Å². The van der Waals surface area contributed by atoms with Gasteiger partial charge in [0.1, 0.15) is 11.3 Å². The number of hydrogen-bond donors (Lipinski definition) is 1. The van der Waals surface area contributed by atoms with E-state index < -0.39 is 17.6 Å². The summed E-state index contributed by atoms with van der Waals surface area (Å²) in [6.45, 7) is 5.63. The minimum atomic E-state index is -4.48. The molecule has 2 aromatic heterocycles. The van der Waals surface area contributed by atoms with Crippen LogP contribution in [0.25, 0.3) is 5.65 Å². The third-order valence-electron chi connectivity index (χ3n) is 4.11. The van der Waals surface area contributed by atoms with Crippen LogP contribution in [-0.4, -0.2) is 35.1 Å². The van der Waals surface area contributed by atoms with Crippen LogP contribution in [0.1, 0.15) is 61.3 Å². The Labute approximate surface area is 156 Å². The molecule has 2 rings (SSSR count). The zero-order chi connectivity index (χ0) is 19.9. The fraction of sp³-hybridized carbons (Fsp3) is 0.579. The van der Waals surface area contributed by atoms with E-state index >= 15 is 0 Å². The molecule has 0 atom stereocenters. The van der Waals surface area contributed by atoms with Crippen LogP contribution in [0.2, 0.25) is 0 Å². The lowest BCUT2D eigenvalue weighted by Crippen LogP contribution is -2.27. The standard InChI is InChI=1S/C19H26F3N3O2/c1-3-5-11-27-12-6-10-23-18(26)17-15(7-4-2)24-16-9-8-14(13-25(16)17)19(20,21)22/h8-9,13H,3-7,10-12H2,1-2H3,(H,23,26). The first-order chi connectivity index (χ1) is 12.9. The van der Waals surface area contributed by atoms with Crippen molar-refractivity contribution in [1.29, 1.82) is 0 Å². The zero-order valence-electron chi connectivity index (χ0n) is 15.7. The Hall–Kier alpha value is -2.09. The van der Waals surface area contributed by atoms with Gasteiger partial charge in [0.05, 0.1) is 11.3 Å².